The molecule has 0 aliphatic heterocycles. The van der Waals surface area contributed by atoms with Crippen molar-refractivity contribution in [2.24, 2.45) is 29.1 Å². The van der Waals surface area contributed by atoms with Crippen LogP contribution in [-0.4, -0.2) is 18.7 Å². The summed E-state index contributed by atoms with van der Waals surface area (Å²) in [6, 6.07) is 0. The summed E-state index contributed by atoms with van der Waals surface area (Å²) in [4.78, 5) is 0. The molecule has 3 aliphatic rings. The van der Waals surface area contributed by atoms with Gasteiger partial charge in [-0.15, -0.1) is 0 Å². The standard InChI is InChI=1S/C14H26O3S/c1-10-11(6-4-5-7-18(15,16)17)8-12-9-13(10)14(12,2)3/h10-13H,4-9H2,1-3H3,(H,15,16,17)/t10-,11+,12?,13+/m0/s1. The van der Waals surface area contributed by atoms with E-state index in [9.17, 15) is 8.42 Å². The number of unbranched alkanes of at least 4 members (excludes halogenated alkanes) is 1. The van der Waals surface area contributed by atoms with Crippen LogP contribution in [0.25, 0.3) is 0 Å². The van der Waals surface area contributed by atoms with Gasteiger partial charge in [-0.2, -0.15) is 8.42 Å². The van der Waals surface area contributed by atoms with Gasteiger partial charge in [0.1, 0.15) is 0 Å². The first-order valence-corrected chi connectivity index (χ1v) is 8.78. The molecule has 3 saturated carbocycles. The molecule has 3 fully saturated rings. The first-order chi connectivity index (χ1) is 8.22. The average molecular weight is 274 g/mol. The molecule has 0 aromatic heterocycles. The molecule has 0 spiro atoms. The van der Waals surface area contributed by atoms with Gasteiger partial charge in [0.15, 0.2) is 0 Å². The van der Waals surface area contributed by atoms with Gasteiger partial charge in [0.05, 0.1) is 5.75 Å². The number of hydrogen-bond acceptors (Lipinski definition) is 2. The summed E-state index contributed by atoms with van der Waals surface area (Å²) in [6.07, 6.45) is 5.36. The molecule has 3 rings (SSSR count). The van der Waals surface area contributed by atoms with Crippen molar-refractivity contribution >= 4 is 10.1 Å². The van der Waals surface area contributed by atoms with Crippen molar-refractivity contribution in [2.45, 2.75) is 52.9 Å². The van der Waals surface area contributed by atoms with Crippen LogP contribution in [0.5, 0.6) is 0 Å². The van der Waals surface area contributed by atoms with E-state index in [0.29, 0.717) is 11.8 Å². The topological polar surface area (TPSA) is 54.4 Å². The number of fused-ring (bicyclic) bond motifs is 2. The lowest BCUT2D eigenvalue weighted by Crippen LogP contribution is -2.54. The summed E-state index contributed by atoms with van der Waals surface area (Å²) in [5.74, 6) is 3.21. The third-order valence-electron chi connectivity index (χ3n) is 5.74. The Bertz CT molecular complexity index is 399. The minimum absolute atomic E-state index is 0.0769. The maximum Gasteiger partial charge on any atom is 0.264 e. The zero-order valence-electron chi connectivity index (χ0n) is 11.7. The van der Waals surface area contributed by atoms with E-state index in [1.54, 1.807) is 0 Å². The Kier molecular flexibility index (Phi) is 3.81. The van der Waals surface area contributed by atoms with Crippen LogP contribution in [0.4, 0.5) is 0 Å². The van der Waals surface area contributed by atoms with E-state index in [1.165, 1.54) is 12.8 Å². The van der Waals surface area contributed by atoms with Crippen molar-refractivity contribution in [1.29, 1.82) is 0 Å². The summed E-state index contributed by atoms with van der Waals surface area (Å²) < 4.78 is 30.0. The molecular formula is C14H26O3S. The van der Waals surface area contributed by atoms with E-state index < -0.39 is 10.1 Å². The van der Waals surface area contributed by atoms with E-state index in [2.05, 4.69) is 20.8 Å². The minimum atomic E-state index is -3.76. The quantitative estimate of drug-likeness (QED) is 0.618. The highest BCUT2D eigenvalue weighted by Gasteiger charge is 2.55. The van der Waals surface area contributed by atoms with Crippen LogP contribution in [0.2, 0.25) is 0 Å². The molecule has 1 N–H and O–H groups in total. The Labute approximate surface area is 111 Å². The molecular weight excluding hydrogens is 248 g/mol. The maximum atomic E-state index is 10.6. The molecule has 0 radical (unpaired) electrons. The summed E-state index contributed by atoms with van der Waals surface area (Å²) in [5, 5.41) is 0. The fourth-order valence-corrected chi connectivity index (χ4v) is 4.90. The molecule has 0 heterocycles. The monoisotopic (exact) mass is 274 g/mol. The van der Waals surface area contributed by atoms with Crippen molar-refractivity contribution in [1.82, 2.24) is 0 Å². The molecule has 1 unspecified atom stereocenters. The van der Waals surface area contributed by atoms with Crippen LogP contribution in [-0.2, 0) is 10.1 Å². The third kappa shape index (κ3) is 2.74. The highest BCUT2D eigenvalue weighted by atomic mass is 32.2. The van der Waals surface area contributed by atoms with Crippen LogP contribution >= 0.6 is 0 Å². The van der Waals surface area contributed by atoms with Gasteiger partial charge in [0, 0.05) is 0 Å². The van der Waals surface area contributed by atoms with E-state index in [0.717, 1.165) is 36.5 Å². The highest BCUT2D eigenvalue weighted by Crippen LogP contribution is 2.63. The van der Waals surface area contributed by atoms with Gasteiger partial charge < -0.3 is 0 Å². The van der Waals surface area contributed by atoms with Gasteiger partial charge in [0.25, 0.3) is 10.1 Å². The normalized spacial score (nSPS) is 38.2. The van der Waals surface area contributed by atoms with E-state index in [4.69, 9.17) is 4.55 Å². The average Bonchev–Trinajstić information content (AvgIpc) is 2.24. The molecule has 0 aromatic carbocycles. The van der Waals surface area contributed by atoms with Crippen molar-refractivity contribution in [3.8, 4) is 0 Å². The zero-order valence-corrected chi connectivity index (χ0v) is 12.5. The summed E-state index contributed by atoms with van der Waals surface area (Å²) >= 11 is 0. The fourth-order valence-electron chi connectivity index (χ4n) is 4.33. The summed E-state index contributed by atoms with van der Waals surface area (Å²) in [7, 11) is -3.76. The van der Waals surface area contributed by atoms with Crippen molar-refractivity contribution < 1.29 is 13.0 Å². The molecule has 4 atom stereocenters. The largest absolute Gasteiger partial charge is 0.286 e. The second-order valence-corrected chi connectivity index (χ2v) is 8.57. The van der Waals surface area contributed by atoms with Gasteiger partial charge in [-0.3, -0.25) is 4.55 Å². The second kappa shape index (κ2) is 4.78. The molecule has 0 saturated heterocycles. The van der Waals surface area contributed by atoms with E-state index >= 15 is 0 Å². The molecule has 3 aliphatic carbocycles. The van der Waals surface area contributed by atoms with Crippen LogP contribution in [0, 0.1) is 29.1 Å². The molecule has 18 heavy (non-hydrogen) atoms. The first-order valence-electron chi connectivity index (χ1n) is 7.17. The Morgan fingerprint density at radius 1 is 1.22 bits per heavy atom. The Morgan fingerprint density at radius 2 is 1.89 bits per heavy atom. The Hall–Kier alpha value is -0.0900. The van der Waals surface area contributed by atoms with Crippen molar-refractivity contribution in [2.75, 3.05) is 5.75 Å². The van der Waals surface area contributed by atoms with Crippen LogP contribution in [0.15, 0.2) is 0 Å². The first kappa shape index (κ1) is 14.3. The van der Waals surface area contributed by atoms with E-state index in [-0.39, 0.29) is 5.75 Å². The fraction of sp³-hybridized carbons (Fsp3) is 1.00. The predicted molar refractivity (Wildman–Crippen MR) is 72.9 cm³/mol. The van der Waals surface area contributed by atoms with Gasteiger partial charge in [0.2, 0.25) is 0 Å². The van der Waals surface area contributed by atoms with E-state index in [1.807, 2.05) is 0 Å². The maximum absolute atomic E-state index is 10.6. The van der Waals surface area contributed by atoms with Crippen LogP contribution < -0.4 is 0 Å². The molecule has 2 bridgehead atoms. The lowest BCUT2D eigenvalue weighted by atomic mass is 9.43. The van der Waals surface area contributed by atoms with Gasteiger partial charge in [-0.1, -0.05) is 33.6 Å². The number of hydrogen-bond donors (Lipinski definition) is 1. The third-order valence-corrected chi connectivity index (χ3v) is 6.54. The second-order valence-electron chi connectivity index (χ2n) is 7.00. The molecule has 0 amide bonds. The zero-order chi connectivity index (χ0) is 13.6. The minimum Gasteiger partial charge on any atom is -0.286 e. The molecule has 4 heteroatoms. The SMILES string of the molecule is C[C@H]1[C@H](CCCCS(=O)(=O)O)CC2C[C@H]1C2(C)C. The van der Waals surface area contributed by atoms with Gasteiger partial charge >= 0.3 is 0 Å². The highest BCUT2D eigenvalue weighted by molar-refractivity contribution is 7.85. The van der Waals surface area contributed by atoms with Gasteiger partial charge in [-0.25, -0.2) is 0 Å². The van der Waals surface area contributed by atoms with Crippen molar-refractivity contribution in [3.63, 3.8) is 0 Å². The van der Waals surface area contributed by atoms with Gasteiger partial charge in [-0.05, 0) is 48.3 Å². The molecule has 3 nitrogen and oxygen atoms in total. The smallest absolute Gasteiger partial charge is 0.264 e. The molecule has 0 aromatic rings. The Morgan fingerprint density at radius 3 is 2.39 bits per heavy atom. The van der Waals surface area contributed by atoms with Crippen molar-refractivity contribution in [3.05, 3.63) is 0 Å². The van der Waals surface area contributed by atoms with Crippen LogP contribution in [0.1, 0.15) is 52.9 Å². The Balaban J connectivity index is 1.76. The van der Waals surface area contributed by atoms with Crippen LogP contribution in [0.3, 0.4) is 0 Å². The number of rotatable bonds is 5. The lowest BCUT2D eigenvalue weighted by Gasteiger charge is -2.62. The summed E-state index contributed by atoms with van der Waals surface area (Å²) in [6.45, 7) is 7.17. The lowest BCUT2D eigenvalue weighted by molar-refractivity contribution is -0.130. The predicted octanol–water partition coefficient (Wildman–Crippen LogP) is 3.36. The molecule has 106 valence electrons. The summed E-state index contributed by atoms with van der Waals surface area (Å²) in [5.41, 5.74) is 0.532.